The van der Waals surface area contributed by atoms with Gasteiger partial charge >= 0.3 is 0 Å². The Morgan fingerprint density at radius 3 is 2.53 bits per heavy atom. The van der Waals surface area contributed by atoms with Gasteiger partial charge in [0.2, 0.25) is 0 Å². The fraction of sp³-hybridized carbons (Fsp3) is 1.00. The topological polar surface area (TPSA) is 12.0 Å². The van der Waals surface area contributed by atoms with Gasteiger partial charge in [-0.05, 0) is 59.7 Å². The van der Waals surface area contributed by atoms with E-state index in [0.717, 1.165) is 5.25 Å². The lowest BCUT2D eigenvalue weighted by molar-refractivity contribution is 0.537. The van der Waals surface area contributed by atoms with Crippen LogP contribution in [0.1, 0.15) is 47.0 Å². The molecule has 1 nitrogen and oxygen atoms in total. The molecule has 0 spiro atoms. The quantitative estimate of drug-likeness (QED) is 0.212. The van der Waals surface area contributed by atoms with Crippen LogP contribution in [0.25, 0.3) is 0 Å². The Morgan fingerprint density at radius 1 is 1.29 bits per heavy atom. The van der Waals surface area contributed by atoms with E-state index in [9.17, 15) is 0 Å². The Kier molecular flexibility index (Phi) is 13.3. The maximum absolute atomic E-state index is 4.12. The van der Waals surface area contributed by atoms with Crippen LogP contribution < -0.4 is 4.72 Å². The Labute approximate surface area is 131 Å². The van der Waals surface area contributed by atoms with Gasteiger partial charge in [0.25, 0.3) is 0 Å². The molecule has 0 aromatic heterocycles. The van der Waals surface area contributed by atoms with Gasteiger partial charge in [-0.2, -0.15) is 0 Å². The normalized spacial score (nSPS) is 13.9. The maximum Gasteiger partial charge on any atom is 0.0206 e. The molecule has 0 saturated carbocycles. The minimum absolute atomic E-state index is 0.195. The van der Waals surface area contributed by atoms with Gasteiger partial charge in [0.1, 0.15) is 0 Å². The van der Waals surface area contributed by atoms with Gasteiger partial charge in [0, 0.05) is 27.5 Å². The van der Waals surface area contributed by atoms with Crippen molar-refractivity contribution in [3.05, 3.63) is 0 Å². The second-order valence-corrected chi connectivity index (χ2v) is 12.0. The summed E-state index contributed by atoms with van der Waals surface area (Å²) in [4.78, 5) is 0. The summed E-state index contributed by atoms with van der Waals surface area (Å²) in [5.41, 5.74) is 0.195. The molecule has 0 bridgehead atoms. The number of rotatable bonds is 10. The van der Waals surface area contributed by atoms with Crippen LogP contribution in [-0.2, 0) is 0 Å². The zero-order valence-electron chi connectivity index (χ0n) is 10.9. The smallest absolute Gasteiger partial charge is 0.0206 e. The third-order valence-corrected chi connectivity index (χ3v) is 8.65. The first-order valence-corrected chi connectivity index (χ1v) is 12.6. The summed E-state index contributed by atoms with van der Waals surface area (Å²) in [6.45, 7) is 8.85. The largest absolute Gasteiger partial charge is 0.249 e. The molecule has 0 saturated heterocycles. The molecule has 0 aromatic carbocycles. The molecule has 0 aromatic rings. The molecule has 104 valence electrons. The Balaban J connectivity index is 3.47. The van der Waals surface area contributed by atoms with Crippen LogP contribution in [0.5, 0.6) is 0 Å². The van der Waals surface area contributed by atoms with Crippen LogP contribution in [0.3, 0.4) is 0 Å². The molecule has 0 aliphatic carbocycles. The zero-order chi connectivity index (χ0) is 13.1. The summed E-state index contributed by atoms with van der Waals surface area (Å²) >= 11 is 4.12. The van der Waals surface area contributed by atoms with Crippen molar-refractivity contribution in [2.24, 2.45) is 0 Å². The maximum atomic E-state index is 4.12. The molecule has 0 radical (unpaired) electrons. The monoisotopic (exact) mass is 349 g/mol. The van der Waals surface area contributed by atoms with E-state index in [2.05, 4.69) is 44.1 Å². The van der Waals surface area contributed by atoms with E-state index < -0.39 is 0 Å². The molecule has 1 unspecified atom stereocenters. The number of thiol groups is 1. The van der Waals surface area contributed by atoms with Gasteiger partial charge in [0.05, 0.1) is 0 Å². The molecule has 0 amide bonds. The lowest BCUT2D eigenvalue weighted by Gasteiger charge is -2.19. The molecule has 17 heavy (non-hydrogen) atoms. The van der Waals surface area contributed by atoms with Crippen molar-refractivity contribution in [1.82, 2.24) is 4.72 Å². The molecule has 0 aliphatic heterocycles. The fourth-order valence-electron chi connectivity index (χ4n) is 0.945. The first kappa shape index (κ1) is 19.1. The van der Waals surface area contributed by atoms with Crippen LogP contribution in [0, 0.1) is 0 Å². The second-order valence-electron chi connectivity index (χ2n) is 4.67. The molecule has 0 rings (SSSR count). The molecule has 1 N–H and O–H groups in total. The fourth-order valence-corrected chi connectivity index (χ4v) is 7.05. The van der Waals surface area contributed by atoms with Crippen LogP contribution in [0.4, 0.5) is 0 Å². The summed E-state index contributed by atoms with van der Waals surface area (Å²) < 4.78 is 3.42. The summed E-state index contributed by atoms with van der Waals surface area (Å²) in [5, 5.41) is 0.778. The summed E-state index contributed by atoms with van der Waals surface area (Å²) in [5.74, 6) is 1.21. The summed E-state index contributed by atoms with van der Waals surface area (Å²) in [6, 6.07) is 0. The van der Waals surface area contributed by atoms with E-state index in [1.165, 1.54) is 25.0 Å². The Hall–Kier alpha value is 2.06. The molecule has 0 fully saturated rings. The minimum atomic E-state index is 0.195. The van der Waals surface area contributed by atoms with Crippen LogP contribution in [0.2, 0.25) is 0 Å². The number of hydrogen-bond donors (Lipinski definition) is 2. The summed E-state index contributed by atoms with van der Waals surface area (Å²) in [6.07, 6.45) is 3.86. The van der Waals surface area contributed by atoms with Gasteiger partial charge in [0.15, 0.2) is 0 Å². The van der Waals surface area contributed by atoms with Crippen molar-refractivity contribution < 1.29 is 0 Å². The van der Waals surface area contributed by atoms with E-state index in [4.69, 9.17) is 0 Å². The van der Waals surface area contributed by atoms with Gasteiger partial charge in [-0.25, -0.2) is 4.72 Å². The van der Waals surface area contributed by atoms with E-state index in [0.29, 0.717) is 0 Å². The Morgan fingerprint density at radius 2 is 2.00 bits per heavy atom. The van der Waals surface area contributed by atoms with Crippen molar-refractivity contribution >= 4 is 63.9 Å². The Bertz CT molecular complexity index is 173. The highest BCUT2D eigenvalue weighted by atomic mass is 33.5. The molecule has 0 heterocycles. The van der Waals surface area contributed by atoms with E-state index >= 15 is 0 Å². The molecule has 0 aliphatic rings. The van der Waals surface area contributed by atoms with Gasteiger partial charge < -0.3 is 0 Å². The summed E-state index contributed by atoms with van der Waals surface area (Å²) in [7, 11) is 9.04. The van der Waals surface area contributed by atoms with Crippen molar-refractivity contribution in [3.8, 4) is 0 Å². The molecular formula is C10H23NS6. The lowest BCUT2D eigenvalue weighted by Crippen LogP contribution is -2.29. The van der Waals surface area contributed by atoms with Gasteiger partial charge in [-0.1, -0.05) is 40.2 Å². The second kappa shape index (κ2) is 11.9. The average Bonchev–Trinajstić information content (AvgIpc) is 2.25. The first-order chi connectivity index (χ1) is 7.99. The van der Waals surface area contributed by atoms with Crippen molar-refractivity contribution in [2.75, 3.05) is 5.75 Å². The van der Waals surface area contributed by atoms with Crippen LogP contribution in [0.15, 0.2) is 0 Å². The highest BCUT2D eigenvalue weighted by molar-refractivity contribution is 9.09. The third-order valence-electron chi connectivity index (χ3n) is 1.82. The predicted octanol–water partition coefficient (Wildman–Crippen LogP) is 6.10. The molecule has 1 atom stereocenters. The van der Waals surface area contributed by atoms with Gasteiger partial charge in [-0.15, -0.1) is 0 Å². The lowest BCUT2D eigenvalue weighted by atomic mass is 10.1. The highest BCUT2D eigenvalue weighted by Gasteiger charge is 2.11. The van der Waals surface area contributed by atoms with Gasteiger partial charge in [-0.3, -0.25) is 0 Å². The van der Waals surface area contributed by atoms with E-state index in [1.54, 1.807) is 20.8 Å². The van der Waals surface area contributed by atoms with E-state index in [-0.39, 0.29) is 5.54 Å². The SMILES string of the molecule is CCC(CCCSSS)SSSNC(C)(C)C. The zero-order valence-corrected chi connectivity index (χ0v) is 15.9. The number of hydrogen-bond acceptors (Lipinski definition) is 7. The van der Waals surface area contributed by atoms with E-state index in [1.807, 2.05) is 31.4 Å². The van der Waals surface area contributed by atoms with Crippen molar-refractivity contribution in [2.45, 2.75) is 57.7 Å². The predicted molar refractivity (Wildman–Crippen MR) is 98.0 cm³/mol. The third kappa shape index (κ3) is 14.3. The highest BCUT2D eigenvalue weighted by Crippen LogP contribution is 2.39. The van der Waals surface area contributed by atoms with Crippen LogP contribution in [-0.4, -0.2) is 16.5 Å². The minimum Gasteiger partial charge on any atom is -0.249 e. The molecule has 7 heteroatoms. The average molecular weight is 350 g/mol. The number of nitrogens with one attached hydrogen (secondary N) is 1. The van der Waals surface area contributed by atoms with Crippen molar-refractivity contribution in [3.63, 3.8) is 0 Å². The molecular weight excluding hydrogens is 327 g/mol. The van der Waals surface area contributed by atoms with Crippen molar-refractivity contribution in [1.29, 1.82) is 0 Å². The first-order valence-electron chi connectivity index (χ1n) is 5.68. The standard InChI is InChI=1S/C10H23NS6/c1-5-9(7-6-8-13-16-12)14-17-15-11-10(2,3)4/h9,11-12H,5-8H2,1-4H3. The van der Waals surface area contributed by atoms with Crippen LogP contribution >= 0.6 is 63.9 Å².